The van der Waals surface area contributed by atoms with Gasteiger partial charge in [-0.25, -0.2) is 8.42 Å². The molecule has 2 aliphatic rings. The summed E-state index contributed by atoms with van der Waals surface area (Å²) in [5.41, 5.74) is 0.733. The molecular formula is C24H28N4O6S. The molecule has 1 N–H and O–H groups in total. The summed E-state index contributed by atoms with van der Waals surface area (Å²) in [5, 5.41) is 2.81. The van der Waals surface area contributed by atoms with Gasteiger partial charge in [-0.05, 0) is 36.4 Å². The van der Waals surface area contributed by atoms with E-state index in [0.717, 1.165) is 4.90 Å². The van der Waals surface area contributed by atoms with Crippen LogP contribution in [-0.2, 0) is 14.8 Å². The summed E-state index contributed by atoms with van der Waals surface area (Å²) in [7, 11) is -2.04. The van der Waals surface area contributed by atoms with Crippen LogP contribution in [-0.4, -0.2) is 93.2 Å². The first-order chi connectivity index (χ1) is 16.8. The van der Waals surface area contributed by atoms with Gasteiger partial charge in [0.05, 0.1) is 23.1 Å². The van der Waals surface area contributed by atoms with Crippen LogP contribution in [0.4, 0.5) is 0 Å². The van der Waals surface area contributed by atoms with E-state index < -0.39 is 10.0 Å². The Balaban J connectivity index is 1.17. The van der Waals surface area contributed by atoms with Crippen molar-refractivity contribution in [2.75, 3.05) is 52.9 Å². The van der Waals surface area contributed by atoms with Crippen LogP contribution in [0.25, 0.3) is 0 Å². The van der Waals surface area contributed by atoms with Gasteiger partial charge in [0.25, 0.3) is 11.8 Å². The van der Waals surface area contributed by atoms with E-state index in [0.29, 0.717) is 56.1 Å². The number of ether oxygens (including phenoxy) is 1. The smallest absolute Gasteiger partial charge is 0.261 e. The molecule has 1 saturated heterocycles. The molecule has 0 atom stereocenters. The van der Waals surface area contributed by atoms with E-state index in [4.69, 9.17) is 4.74 Å². The highest BCUT2D eigenvalue weighted by Crippen LogP contribution is 2.23. The number of imide groups is 1. The molecule has 1 fully saturated rings. The molecule has 0 bridgehead atoms. The van der Waals surface area contributed by atoms with E-state index in [1.807, 2.05) is 0 Å². The van der Waals surface area contributed by atoms with Gasteiger partial charge in [-0.3, -0.25) is 24.2 Å². The zero-order chi connectivity index (χ0) is 25.0. The molecule has 0 saturated carbocycles. The van der Waals surface area contributed by atoms with Crippen molar-refractivity contribution in [1.82, 2.24) is 19.4 Å². The Hall–Kier alpha value is -3.28. The third-order valence-corrected chi connectivity index (χ3v) is 8.13. The second kappa shape index (κ2) is 10.5. The molecule has 0 unspecified atom stereocenters. The molecule has 3 amide bonds. The number of rotatable bonds is 9. The van der Waals surface area contributed by atoms with Gasteiger partial charge < -0.3 is 10.1 Å². The number of hydrogen-bond acceptors (Lipinski definition) is 7. The number of nitrogens with one attached hydrogen (secondary N) is 1. The summed E-state index contributed by atoms with van der Waals surface area (Å²) in [4.78, 5) is 40.4. The molecule has 4 rings (SSSR count). The molecular weight excluding hydrogens is 472 g/mol. The molecule has 0 aromatic heterocycles. The Morgan fingerprint density at radius 1 is 0.914 bits per heavy atom. The first kappa shape index (κ1) is 24.8. The van der Waals surface area contributed by atoms with Gasteiger partial charge in [-0.15, -0.1) is 0 Å². The third kappa shape index (κ3) is 5.37. The number of carbonyl (C=O) groups excluding carboxylic acids is 3. The Morgan fingerprint density at radius 2 is 1.51 bits per heavy atom. The zero-order valence-electron chi connectivity index (χ0n) is 19.5. The molecule has 11 heteroatoms. The highest BCUT2D eigenvalue weighted by atomic mass is 32.2. The van der Waals surface area contributed by atoms with Crippen LogP contribution in [0.1, 0.15) is 27.1 Å². The van der Waals surface area contributed by atoms with Crippen LogP contribution < -0.4 is 10.1 Å². The number of nitrogens with zero attached hydrogens (tertiary/aromatic N) is 3. The minimum Gasteiger partial charge on any atom is -0.497 e. The lowest BCUT2D eigenvalue weighted by Gasteiger charge is -2.34. The molecule has 2 aromatic carbocycles. The van der Waals surface area contributed by atoms with E-state index in [2.05, 4.69) is 10.2 Å². The van der Waals surface area contributed by atoms with Crippen LogP contribution in [0.15, 0.2) is 53.4 Å². The van der Waals surface area contributed by atoms with Crippen molar-refractivity contribution >= 4 is 27.7 Å². The van der Waals surface area contributed by atoms with E-state index >= 15 is 0 Å². The quantitative estimate of drug-likeness (QED) is 0.507. The van der Waals surface area contributed by atoms with Crippen LogP contribution in [0, 0.1) is 0 Å². The SMILES string of the molecule is COc1ccc(S(=O)(=O)N2CCN(CCNC(=O)CCN3C(=O)c4ccccc4C3=O)CC2)cc1. The van der Waals surface area contributed by atoms with Gasteiger partial charge in [0.1, 0.15) is 5.75 Å². The number of piperazine rings is 1. The lowest BCUT2D eigenvalue weighted by atomic mass is 10.1. The Morgan fingerprint density at radius 3 is 2.09 bits per heavy atom. The monoisotopic (exact) mass is 500 g/mol. The van der Waals surface area contributed by atoms with Crippen molar-refractivity contribution in [3.63, 3.8) is 0 Å². The fourth-order valence-electron chi connectivity index (χ4n) is 4.19. The summed E-state index contributed by atoms with van der Waals surface area (Å²) in [6.45, 7) is 2.84. The minimum atomic E-state index is -3.57. The summed E-state index contributed by atoms with van der Waals surface area (Å²) >= 11 is 0. The van der Waals surface area contributed by atoms with E-state index in [1.54, 1.807) is 36.4 Å². The number of hydrogen-bond donors (Lipinski definition) is 1. The molecule has 2 aromatic rings. The maximum absolute atomic E-state index is 12.9. The standard InChI is InChI=1S/C24H28N4O6S/c1-34-18-6-8-19(9-7-18)35(32,33)27-16-14-26(15-17-27)13-11-25-22(29)10-12-28-23(30)20-4-2-3-5-21(20)24(28)31/h2-9H,10-17H2,1H3,(H,25,29). The number of fused-ring (bicyclic) bond motifs is 1. The van der Waals surface area contributed by atoms with E-state index in [-0.39, 0.29) is 35.6 Å². The van der Waals surface area contributed by atoms with Gasteiger partial charge in [0, 0.05) is 52.2 Å². The molecule has 0 aliphatic carbocycles. The molecule has 2 aliphatic heterocycles. The van der Waals surface area contributed by atoms with Gasteiger partial charge in [-0.2, -0.15) is 4.31 Å². The van der Waals surface area contributed by atoms with Crippen molar-refractivity contribution < 1.29 is 27.5 Å². The van der Waals surface area contributed by atoms with Crippen molar-refractivity contribution in [2.45, 2.75) is 11.3 Å². The van der Waals surface area contributed by atoms with Crippen molar-refractivity contribution in [1.29, 1.82) is 0 Å². The van der Waals surface area contributed by atoms with Crippen LogP contribution in [0.3, 0.4) is 0 Å². The maximum atomic E-state index is 12.9. The third-order valence-electron chi connectivity index (χ3n) is 6.22. The van der Waals surface area contributed by atoms with Gasteiger partial charge in [0.15, 0.2) is 0 Å². The molecule has 0 radical (unpaired) electrons. The van der Waals surface area contributed by atoms with Gasteiger partial charge in [-0.1, -0.05) is 12.1 Å². The number of sulfonamides is 1. The first-order valence-corrected chi connectivity index (χ1v) is 12.8. The molecule has 35 heavy (non-hydrogen) atoms. The molecule has 0 spiro atoms. The topological polar surface area (TPSA) is 116 Å². The van der Waals surface area contributed by atoms with Gasteiger partial charge >= 0.3 is 0 Å². The minimum absolute atomic E-state index is 0.0271. The maximum Gasteiger partial charge on any atom is 0.261 e. The second-order valence-corrected chi connectivity index (χ2v) is 10.3. The predicted molar refractivity (Wildman–Crippen MR) is 128 cm³/mol. The number of methoxy groups -OCH3 is 1. The lowest BCUT2D eigenvalue weighted by Crippen LogP contribution is -2.50. The zero-order valence-corrected chi connectivity index (χ0v) is 20.3. The van der Waals surface area contributed by atoms with E-state index in [9.17, 15) is 22.8 Å². The van der Waals surface area contributed by atoms with Crippen molar-refractivity contribution in [2.24, 2.45) is 0 Å². The van der Waals surface area contributed by atoms with Crippen LogP contribution in [0.5, 0.6) is 5.75 Å². The Labute approximate surface area is 204 Å². The normalized spacial score (nSPS) is 16.9. The lowest BCUT2D eigenvalue weighted by molar-refractivity contribution is -0.121. The summed E-state index contributed by atoms with van der Waals surface area (Å²) in [6.07, 6.45) is 0.0271. The average molecular weight is 501 g/mol. The Kier molecular flexibility index (Phi) is 7.48. The van der Waals surface area contributed by atoms with E-state index in [1.165, 1.54) is 23.5 Å². The fourth-order valence-corrected chi connectivity index (χ4v) is 5.61. The summed E-state index contributed by atoms with van der Waals surface area (Å²) in [6, 6.07) is 13.0. The highest BCUT2D eigenvalue weighted by Gasteiger charge is 2.35. The fraction of sp³-hybridized carbons (Fsp3) is 0.375. The van der Waals surface area contributed by atoms with Crippen LogP contribution in [0.2, 0.25) is 0 Å². The van der Waals surface area contributed by atoms with Gasteiger partial charge in [0.2, 0.25) is 15.9 Å². The second-order valence-electron chi connectivity index (χ2n) is 8.33. The summed E-state index contributed by atoms with van der Waals surface area (Å²) < 4.78 is 32.3. The number of amides is 3. The molecule has 186 valence electrons. The van der Waals surface area contributed by atoms with Crippen LogP contribution >= 0.6 is 0 Å². The molecule has 2 heterocycles. The highest BCUT2D eigenvalue weighted by molar-refractivity contribution is 7.89. The first-order valence-electron chi connectivity index (χ1n) is 11.4. The average Bonchev–Trinajstić information content (AvgIpc) is 3.12. The number of benzene rings is 2. The molecule has 10 nitrogen and oxygen atoms in total. The number of carbonyl (C=O) groups is 3. The van der Waals surface area contributed by atoms with Crippen molar-refractivity contribution in [3.05, 3.63) is 59.7 Å². The predicted octanol–water partition coefficient (Wildman–Crippen LogP) is 0.804. The van der Waals surface area contributed by atoms with Crippen molar-refractivity contribution in [3.8, 4) is 5.75 Å². The summed E-state index contributed by atoms with van der Waals surface area (Å²) in [5.74, 6) is -0.399. The Bertz CT molecular complexity index is 1170. The largest absolute Gasteiger partial charge is 0.497 e.